The van der Waals surface area contributed by atoms with Crippen LogP contribution >= 0.6 is 0 Å². The standard InChI is InChI=1S/C12H19N2O3/c1-10(15)6-8-14(2,3)9-7-13-11(16)4-5-12(13)17/h4-5H,6-9H2,1-3H3/q+1. The topological polar surface area (TPSA) is 54.5 Å². The largest absolute Gasteiger partial charge is 0.327 e. The van der Waals surface area contributed by atoms with Crippen molar-refractivity contribution in [3.8, 4) is 0 Å². The van der Waals surface area contributed by atoms with Crippen molar-refractivity contribution >= 4 is 17.6 Å². The molecule has 5 nitrogen and oxygen atoms in total. The van der Waals surface area contributed by atoms with Crippen LogP contribution in [0.5, 0.6) is 0 Å². The lowest BCUT2D eigenvalue weighted by atomic mass is 10.2. The first-order valence-corrected chi connectivity index (χ1v) is 5.67. The van der Waals surface area contributed by atoms with Crippen molar-refractivity contribution < 1.29 is 18.9 Å². The molecule has 0 atom stereocenters. The van der Waals surface area contributed by atoms with Gasteiger partial charge in [0.2, 0.25) is 0 Å². The van der Waals surface area contributed by atoms with E-state index in [9.17, 15) is 14.4 Å². The second-order valence-electron chi connectivity index (χ2n) is 5.00. The Bertz CT molecular complexity index is 354. The summed E-state index contributed by atoms with van der Waals surface area (Å²) >= 11 is 0. The van der Waals surface area contributed by atoms with Gasteiger partial charge in [0.25, 0.3) is 11.8 Å². The molecular weight excluding hydrogens is 220 g/mol. The number of rotatable bonds is 6. The summed E-state index contributed by atoms with van der Waals surface area (Å²) < 4.78 is 0.622. The molecule has 17 heavy (non-hydrogen) atoms. The van der Waals surface area contributed by atoms with E-state index in [0.29, 0.717) is 24.0 Å². The molecule has 5 heteroatoms. The minimum atomic E-state index is -0.249. The molecule has 0 saturated carbocycles. The summed E-state index contributed by atoms with van der Waals surface area (Å²) in [6.07, 6.45) is 3.10. The lowest BCUT2D eigenvalue weighted by Crippen LogP contribution is -2.47. The molecule has 94 valence electrons. The molecule has 1 aliphatic heterocycles. The number of likely N-dealkylation sites (N-methyl/N-ethyl adjacent to an activating group) is 1. The Morgan fingerprint density at radius 1 is 1.18 bits per heavy atom. The first-order valence-electron chi connectivity index (χ1n) is 5.67. The van der Waals surface area contributed by atoms with Gasteiger partial charge in [-0.05, 0) is 6.92 Å². The molecule has 0 fully saturated rings. The van der Waals surface area contributed by atoms with Gasteiger partial charge in [0, 0.05) is 12.2 Å². The summed E-state index contributed by atoms with van der Waals surface area (Å²) in [5.41, 5.74) is 0. The van der Waals surface area contributed by atoms with Crippen LogP contribution in [0.4, 0.5) is 0 Å². The molecule has 0 bridgehead atoms. The van der Waals surface area contributed by atoms with Crippen molar-refractivity contribution in [2.24, 2.45) is 0 Å². The molecule has 0 aromatic carbocycles. The van der Waals surface area contributed by atoms with Gasteiger partial charge in [-0.15, -0.1) is 0 Å². The van der Waals surface area contributed by atoms with Gasteiger partial charge in [-0.2, -0.15) is 0 Å². The maximum Gasteiger partial charge on any atom is 0.253 e. The van der Waals surface area contributed by atoms with Gasteiger partial charge in [-0.3, -0.25) is 19.3 Å². The molecule has 1 rings (SSSR count). The molecule has 0 unspecified atom stereocenters. The number of ketones is 1. The summed E-state index contributed by atoms with van der Waals surface area (Å²) in [5, 5.41) is 0. The molecule has 1 heterocycles. The van der Waals surface area contributed by atoms with Gasteiger partial charge in [-0.1, -0.05) is 0 Å². The minimum absolute atomic E-state index is 0.159. The zero-order valence-corrected chi connectivity index (χ0v) is 10.6. The van der Waals surface area contributed by atoms with Crippen LogP contribution in [-0.4, -0.2) is 60.7 Å². The monoisotopic (exact) mass is 239 g/mol. The van der Waals surface area contributed by atoms with Crippen LogP contribution in [0, 0.1) is 0 Å². The van der Waals surface area contributed by atoms with Crippen LogP contribution < -0.4 is 0 Å². The molecule has 0 aromatic rings. The van der Waals surface area contributed by atoms with Gasteiger partial charge < -0.3 is 4.48 Å². The molecular formula is C12H19N2O3+. The van der Waals surface area contributed by atoms with E-state index < -0.39 is 0 Å². The third kappa shape index (κ3) is 4.11. The van der Waals surface area contributed by atoms with E-state index in [1.54, 1.807) is 6.92 Å². The zero-order chi connectivity index (χ0) is 13.1. The number of imide groups is 1. The lowest BCUT2D eigenvalue weighted by Gasteiger charge is -2.30. The summed E-state index contributed by atoms with van der Waals surface area (Å²) in [4.78, 5) is 34.8. The van der Waals surface area contributed by atoms with E-state index in [1.807, 2.05) is 14.1 Å². The average Bonchev–Trinajstić information content (AvgIpc) is 2.54. The number of carbonyl (C=O) groups is 3. The van der Waals surface area contributed by atoms with Gasteiger partial charge in [-0.25, -0.2) is 0 Å². The number of hydrogen-bond acceptors (Lipinski definition) is 3. The number of nitrogens with zero attached hydrogens (tertiary/aromatic N) is 2. The van der Waals surface area contributed by atoms with E-state index in [2.05, 4.69) is 0 Å². The van der Waals surface area contributed by atoms with Crippen molar-refractivity contribution in [1.29, 1.82) is 0 Å². The number of amides is 2. The van der Waals surface area contributed by atoms with Crippen molar-refractivity contribution in [1.82, 2.24) is 4.90 Å². The second kappa shape index (κ2) is 5.23. The van der Waals surface area contributed by atoms with Crippen molar-refractivity contribution in [2.45, 2.75) is 13.3 Å². The second-order valence-corrected chi connectivity index (χ2v) is 5.00. The summed E-state index contributed by atoms with van der Waals surface area (Å²) in [6.45, 7) is 3.35. The number of Topliss-reactive ketones (excluding diaryl/α,β-unsaturated/α-hetero) is 1. The van der Waals surface area contributed by atoms with Crippen LogP contribution in [0.25, 0.3) is 0 Å². The average molecular weight is 239 g/mol. The van der Waals surface area contributed by atoms with Gasteiger partial charge in [0.1, 0.15) is 5.78 Å². The van der Waals surface area contributed by atoms with Crippen LogP contribution in [0.15, 0.2) is 12.2 Å². The smallest absolute Gasteiger partial charge is 0.253 e. The molecule has 1 aliphatic rings. The molecule has 0 spiro atoms. The highest BCUT2D eigenvalue weighted by molar-refractivity contribution is 6.12. The summed E-state index contributed by atoms with van der Waals surface area (Å²) in [6, 6.07) is 0. The third-order valence-electron chi connectivity index (χ3n) is 2.90. The van der Waals surface area contributed by atoms with Crippen molar-refractivity contribution in [3.63, 3.8) is 0 Å². The van der Waals surface area contributed by atoms with Crippen molar-refractivity contribution in [2.75, 3.05) is 33.7 Å². The maximum absolute atomic E-state index is 11.3. The molecule has 0 saturated heterocycles. The summed E-state index contributed by atoms with van der Waals surface area (Å²) in [5.74, 6) is -0.339. The van der Waals surface area contributed by atoms with Crippen molar-refractivity contribution in [3.05, 3.63) is 12.2 Å². The van der Waals surface area contributed by atoms with E-state index in [0.717, 1.165) is 6.54 Å². The fourth-order valence-corrected chi connectivity index (χ4v) is 1.59. The highest BCUT2D eigenvalue weighted by Crippen LogP contribution is 2.06. The predicted molar refractivity (Wildman–Crippen MR) is 63.0 cm³/mol. The first-order chi connectivity index (χ1) is 7.82. The predicted octanol–water partition coefficient (Wildman–Crippen LogP) is -0.0331. The Morgan fingerprint density at radius 3 is 2.18 bits per heavy atom. The van der Waals surface area contributed by atoms with Crippen LogP contribution in [-0.2, 0) is 14.4 Å². The fourth-order valence-electron chi connectivity index (χ4n) is 1.59. The maximum atomic E-state index is 11.3. The Balaban J connectivity index is 2.41. The lowest BCUT2D eigenvalue weighted by molar-refractivity contribution is -0.888. The number of quaternary nitrogens is 1. The van der Waals surface area contributed by atoms with Crippen LogP contribution in [0.3, 0.4) is 0 Å². The third-order valence-corrected chi connectivity index (χ3v) is 2.90. The Hall–Kier alpha value is -1.49. The highest BCUT2D eigenvalue weighted by atomic mass is 16.2. The molecule has 0 aromatic heterocycles. The van der Waals surface area contributed by atoms with Gasteiger partial charge in [0.15, 0.2) is 0 Å². The minimum Gasteiger partial charge on any atom is -0.327 e. The number of carbonyl (C=O) groups excluding carboxylic acids is 3. The Morgan fingerprint density at radius 2 is 1.71 bits per heavy atom. The number of hydrogen-bond donors (Lipinski definition) is 0. The SMILES string of the molecule is CC(=O)CC[N+](C)(C)CCN1C(=O)C=CC1=O. The molecule has 0 N–H and O–H groups in total. The molecule has 0 aliphatic carbocycles. The Labute approximate surface area is 101 Å². The normalized spacial score (nSPS) is 15.8. The van der Waals surface area contributed by atoms with E-state index in [-0.39, 0.29) is 17.6 Å². The molecule has 0 radical (unpaired) electrons. The van der Waals surface area contributed by atoms with Crippen LogP contribution in [0.1, 0.15) is 13.3 Å². The molecule has 2 amide bonds. The van der Waals surface area contributed by atoms with E-state index in [1.165, 1.54) is 17.1 Å². The van der Waals surface area contributed by atoms with Gasteiger partial charge in [0.05, 0.1) is 40.2 Å². The summed E-state index contributed by atoms with van der Waals surface area (Å²) in [7, 11) is 3.97. The zero-order valence-electron chi connectivity index (χ0n) is 10.6. The van der Waals surface area contributed by atoms with E-state index >= 15 is 0 Å². The van der Waals surface area contributed by atoms with Crippen LogP contribution in [0.2, 0.25) is 0 Å². The Kier molecular flexibility index (Phi) is 4.17. The quantitative estimate of drug-likeness (QED) is 0.483. The van der Waals surface area contributed by atoms with Gasteiger partial charge >= 0.3 is 0 Å². The first kappa shape index (κ1) is 13.6. The highest BCUT2D eigenvalue weighted by Gasteiger charge is 2.26. The van der Waals surface area contributed by atoms with E-state index in [4.69, 9.17) is 0 Å². The fraction of sp³-hybridized carbons (Fsp3) is 0.583.